The minimum atomic E-state index is -0.132. The molecule has 1 heterocycles. The largest absolute Gasteiger partial charge is 0.506 e. The van der Waals surface area contributed by atoms with Gasteiger partial charge in [-0.1, -0.05) is 6.08 Å². The summed E-state index contributed by atoms with van der Waals surface area (Å²) >= 11 is 0. The van der Waals surface area contributed by atoms with Crippen molar-refractivity contribution in [3.05, 3.63) is 36.7 Å². The summed E-state index contributed by atoms with van der Waals surface area (Å²) in [5.74, 6) is -0.127. The Morgan fingerprint density at radius 1 is 1.62 bits per heavy atom. The molecule has 0 unspecified atom stereocenters. The van der Waals surface area contributed by atoms with Gasteiger partial charge in [-0.3, -0.25) is 9.78 Å². The van der Waals surface area contributed by atoms with Gasteiger partial charge in [0.2, 0.25) is 0 Å². The lowest BCUT2D eigenvalue weighted by atomic mass is 10.2. The summed E-state index contributed by atoms with van der Waals surface area (Å²) in [4.78, 5) is 17.2. The van der Waals surface area contributed by atoms with Crippen molar-refractivity contribution in [2.24, 2.45) is 0 Å². The molecule has 4 nitrogen and oxygen atoms in total. The SMILES string of the molecule is C=CCCCN(C)C(=O)c1cncc(O)c1. The third kappa shape index (κ3) is 3.38. The second-order valence-electron chi connectivity index (χ2n) is 3.59. The first-order valence-corrected chi connectivity index (χ1v) is 5.15. The number of hydrogen-bond acceptors (Lipinski definition) is 3. The highest BCUT2D eigenvalue weighted by atomic mass is 16.3. The van der Waals surface area contributed by atoms with Crippen molar-refractivity contribution in [3.63, 3.8) is 0 Å². The minimum absolute atomic E-state index is 0.00495. The van der Waals surface area contributed by atoms with E-state index in [1.165, 1.54) is 18.5 Å². The van der Waals surface area contributed by atoms with Crippen molar-refractivity contribution in [2.75, 3.05) is 13.6 Å². The number of carbonyl (C=O) groups is 1. The zero-order valence-electron chi connectivity index (χ0n) is 9.39. The average molecular weight is 220 g/mol. The molecule has 1 N–H and O–H groups in total. The quantitative estimate of drug-likeness (QED) is 0.608. The van der Waals surface area contributed by atoms with E-state index >= 15 is 0 Å². The molecule has 0 saturated carbocycles. The van der Waals surface area contributed by atoms with Gasteiger partial charge in [0, 0.05) is 19.8 Å². The van der Waals surface area contributed by atoms with E-state index in [-0.39, 0.29) is 11.7 Å². The molecule has 0 aromatic carbocycles. The monoisotopic (exact) mass is 220 g/mol. The number of nitrogens with zero attached hydrogens (tertiary/aromatic N) is 2. The molecular formula is C12H16N2O2. The number of amides is 1. The van der Waals surface area contributed by atoms with Crippen LogP contribution in [0.1, 0.15) is 23.2 Å². The first-order valence-electron chi connectivity index (χ1n) is 5.15. The molecule has 0 atom stereocenters. The van der Waals surface area contributed by atoms with Gasteiger partial charge in [0.25, 0.3) is 5.91 Å². The molecule has 0 fully saturated rings. The number of carbonyl (C=O) groups excluding carboxylic acids is 1. The first kappa shape index (κ1) is 12.2. The Hall–Kier alpha value is -1.84. The lowest BCUT2D eigenvalue weighted by Gasteiger charge is -2.16. The molecule has 0 bridgehead atoms. The predicted molar refractivity (Wildman–Crippen MR) is 62.3 cm³/mol. The molecule has 0 spiro atoms. The summed E-state index contributed by atoms with van der Waals surface area (Å²) in [6.45, 7) is 4.29. The number of hydrogen-bond donors (Lipinski definition) is 1. The number of aromatic hydroxyl groups is 1. The maximum Gasteiger partial charge on any atom is 0.255 e. The van der Waals surface area contributed by atoms with E-state index in [0.29, 0.717) is 12.1 Å². The third-order valence-electron chi connectivity index (χ3n) is 2.22. The molecule has 0 radical (unpaired) electrons. The van der Waals surface area contributed by atoms with Gasteiger partial charge in [0.15, 0.2) is 0 Å². The molecule has 0 aliphatic heterocycles. The number of allylic oxidation sites excluding steroid dienone is 1. The molecule has 0 saturated heterocycles. The van der Waals surface area contributed by atoms with Gasteiger partial charge in [-0.05, 0) is 18.9 Å². The Labute approximate surface area is 95.2 Å². The number of unbranched alkanes of at least 4 members (excludes halogenated alkanes) is 1. The topological polar surface area (TPSA) is 53.4 Å². The molecule has 0 aliphatic rings. The lowest BCUT2D eigenvalue weighted by molar-refractivity contribution is 0.0793. The highest BCUT2D eigenvalue weighted by Gasteiger charge is 2.11. The zero-order chi connectivity index (χ0) is 12.0. The van der Waals surface area contributed by atoms with Crippen molar-refractivity contribution in [2.45, 2.75) is 12.8 Å². The van der Waals surface area contributed by atoms with Crippen LogP contribution < -0.4 is 0 Å². The Kier molecular flexibility index (Phi) is 4.51. The maximum absolute atomic E-state index is 11.8. The fraction of sp³-hybridized carbons (Fsp3) is 0.333. The van der Waals surface area contributed by atoms with Crippen LogP contribution in [0.4, 0.5) is 0 Å². The van der Waals surface area contributed by atoms with Crippen LogP contribution in [0.3, 0.4) is 0 Å². The number of pyridine rings is 1. The van der Waals surface area contributed by atoms with E-state index in [2.05, 4.69) is 11.6 Å². The summed E-state index contributed by atoms with van der Waals surface area (Å²) in [7, 11) is 1.73. The summed E-state index contributed by atoms with van der Waals surface area (Å²) < 4.78 is 0. The van der Waals surface area contributed by atoms with Gasteiger partial charge >= 0.3 is 0 Å². The van der Waals surface area contributed by atoms with Crippen LogP contribution in [0.2, 0.25) is 0 Å². The van der Waals surface area contributed by atoms with Crippen LogP contribution in [-0.2, 0) is 0 Å². The Balaban J connectivity index is 2.59. The second-order valence-corrected chi connectivity index (χ2v) is 3.59. The van der Waals surface area contributed by atoms with Crippen molar-refractivity contribution in [1.29, 1.82) is 0 Å². The van der Waals surface area contributed by atoms with E-state index in [9.17, 15) is 9.90 Å². The van der Waals surface area contributed by atoms with Gasteiger partial charge in [-0.2, -0.15) is 0 Å². The fourth-order valence-corrected chi connectivity index (χ4v) is 1.34. The average Bonchev–Trinajstić information content (AvgIpc) is 2.28. The summed E-state index contributed by atoms with van der Waals surface area (Å²) in [6, 6.07) is 1.42. The summed E-state index contributed by atoms with van der Waals surface area (Å²) in [6.07, 6.45) is 6.35. The van der Waals surface area contributed by atoms with E-state index in [4.69, 9.17) is 0 Å². The molecule has 1 amide bonds. The van der Waals surface area contributed by atoms with Gasteiger partial charge in [-0.15, -0.1) is 6.58 Å². The second kappa shape index (κ2) is 5.90. The van der Waals surface area contributed by atoms with Crippen LogP contribution in [-0.4, -0.2) is 34.5 Å². The smallest absolute Gasteiger partial charge is 0.255 e. The van der Waals surface area contributed by atoms with Crippen molar-refractivity contribution >= 4 is 5.91 Å². The normalized spacial score (nSPS) is 9.81. The summed E-state index contributed by atoms with van der Waals surface area (Å²) in [5, 5.41) is 9.21. The minimum Gasteiger partial charge on any atom is -0.506 e. The van der Waals surface area contributed by atoms with E-state index in [0.717, 1.165) is 12.8 Å². The molecule has 16 heavy (non-hydrogen) atoms. The third-order valence-corrected chi connectivity index (χ3v) is 2.22. The van der Waals surface area contributed by atoms with E-state index < -0.39 is 0 Å². The van der Waals surface area contributed by atoms with Gasteiger partial charge in [0.1, 0.15) is 5.75 Å². The first-order chi connectivity index (χ1) is 7.65. The Morgan fingerprint density at radius 3 is 3.00 bits per heavy atom. The summed E-state index contributed by atoms with van der Waals surface area (Å²) in [5.41, 5.74) is 0.404. The van der Waals surface area contributed by atoms with Crippen LogP contribution in [0, 0.1) is 0 Å². The van der Waals surface area contributed by atoms with Crippen molar-refractivity contribution in [1.82, 2.24) is 9.88 Å². The van der Waals surface area contributed by atoms with Gasteiger partial charge in [-0.25, -0.2) is 0 Å². The van der Waals surface area contributed by atoms with Gasteiger partial charge in [0.05, 0.1) is 11.8 Å². The van der Waals surface area contributed by atoms with Crippen LogP contribution in [0.15, 0.2) is 31.1 Å². The molecule has 1 aromatic heterocycles. The van der Waals surface area contributed by atoms with Crippen LogP contribution >= 0.6 is 0 Å². The predicted octanol–water partition coefficient (Wildman–Crippen LogP) is 1.83. The number of aromatic nitrogens is 1. The highest BCUT2D eigenvalue weighted by Crippen LogP contribution is 2.10. The van der Waals surface area contributed by atoms with Crippen LogP contribution in [0.5, 0.6) is 5.75 Å². The molecular weight excluding hydrogens is 204 g/mol. The van der Waals surface area contributed by atoms with Gasteiger partial charge < -0.3 is 10.0 Å². The lowest BCUT2D eigenvalue weighted by Crippen LogP contribution is -2.27. The molecule has 0 aliphatic carbocycles. The van der Waals surface area contributed by atoms with Crippen molar-refractivity contribution < 1.29 is 9.90 Å². The van der Waals surface area contributed by atoms with Crippen molar-refractivity contribution in [3.8, 4) is 5.75 Å². The Bertz CT molecular complexity index is 377. The van der Waals surface area contributed by atoms with E-state index in [1.54, 1.807) is 11.9 Å². The molecule has 1 aromatic rings. The molecule has 4 heteroatoms. The number of rotatable bonds is 5. The highest BCUT2D eigenvalue weighted by molar-refractivity contribution is 5.94. The van der Waals surface area contributed by atoms with E-state index in [1.807, 2.05) is 6.08 Å². The maximum atomic E-state index is 11.8. The molecule has 86 valence electrons. The Morgan fingerprint density at radius 2 is 2.38 bits per heavy atom. The fourth-order valence-electron chi connectivity index (χ4n) is 1.34. The van der Waals surface area contributed by atoms with Crippen LogP contribution in [0.25, 0.3) is 0 Å². The zero-order valence-corrected chi connectivity index (χ0v) is 9.39. The standard InChI is InChI=1S/C12H16N2O2/c1-3-4-5-6-14(2)12(16)10-7-11(15)9-13-8-10/h3,7-9,15H,1,4-6H2,2H3. The molecule has 1 rings (SSSR count).